The standard InChI is InChI=1S/C18H16BrN3O2S/c1-10-7-12(11(2)21(10)3)8-15-16(23)20-18(25)22(17(15)24)14-6-4-5-13(19)9-14/h4-9H,1-3H3,(H,20,23,25)/b15-8+. The quantitative estimate of drug-likeness (QED) is 0.463. The van der Waals surface area contributed by atoms with Gasteiger partial charge in [0, 0.05) is 22.9 Å². The molecule has 0 saturated carbocycles. The van der Waals surface area contributed by atoms with Gasteiger partial charge in [0.2, 0.25) is 0 Å². The van der Waals surface area contributed by atoms with Gasteiger partial charge in [-0.1, -0.05) is 22.0 Å². The van der Waals surface area contributed by atoms with Gasteiger partial charge in [-0.05, 0) is 62.0 Å². The molecule has 5 nitrogen and oxygen atoms in total. The Kier molecular flexibility index (Phi) is 4.62. The number of rotatable bonds is 2. The Labute approximate surface area is 159 Å². The second kappa shape index (κ2) is 6.57. The maximum atomic E-state index is 13.0. The fraction of sp³-hybridized carbons (Fsp3) is 0.167. The van der Waals surface area contributed by atoms with Gasteiger partial charge in [-0.15, -0.1) is 0 Å². The van der Waals surface area contributed by atoms with Crippen molar-refractivity contribution in [3.63, 3.8) is 0 Å². The Morgan fingerprint density at radius 1 is 1.20 bits per heavy atom. The molecule has 2 aromatic rings. The van der Waals surface area contributed by atoms with Crippen molar-refractivity contribution in [1.29, 1.82) is 0 Å². The second-order valence-corrected chi connectivity index (χ2v) is 7.13. The van der Waals surface area contributed by atoms with Crippen LogP contribution in [0.2, 0.25) is 0 Å². The molecule has 0 atom stereocenters. The molecule has 1 aliphatic heterocycles. The van der Waals surface area contributed by atoms with E-state index in [1.807, 2.05) is 37.6 Å². The molecule has 25 heavy (non-hydrogen) atoms. The number of nitrogens with zero attached hydrogens (tertiary/aromatic N) is 2. The number of carbonyl (C=O) groups is 2. The van der Waals surface area contributed by atoms with Crippen LogP contribution in [0.1, 0.15) is 17.0 Å². The maximum Gasteiger partial charge on any atom is 0.270 e. The fourth-order valence-electron chi connectivity index (χ4n) is 2.69. The van der Waals surface area contributed by atoms with Gasteiger partial charge >= 0.3 is 0 Å². The van der Waals surface area contributed by atoms with E-state index in [0.29, 0.717) is 5.69 Å². The number of thiocarbonyl (C=S) groups is 1. The average Bonchev–Trinajstić information content (AvgIpc) is 2.78. The van der Waals surface area contributed by atoms with E-state index in [-0.39, 0.29) is 10.7 Å². The summed E-state index contributed by atoms with van der Waals surface area (Å²) in [5.74, 6) is -0.921. The van der Waals surface area contributed by atoms with Crippen molar-refractivity contribution in [2.75, 3.05) is 4.90 Å². The number of carbonyl (C=O) groups excluding carboxylic acids is 2. The van der Waals surface area contributed by atoms with Gasteiger partial charge in [0.1, 0.15) is 5.57 Å². The number of aryl methyl sites for hydroxylation is 1. The molecule has 0 bridgehead atoms. The highest BCUT2D eigenvalue weighted by atomic mass is 79.9. The SMILES string of the molecule is Cc1cc(/C=C2\C(=O)NC(=S)N(c3cccc(Br)c3)C2=O)c(C)n1C. The highest BCUT2D eigenvalue weighted by Crippen LogP contribution is 2.25. The minimum absolute atomic E-state index is 0.0577. The summed E-state index contributed by atoms with van der Waals surface area (Å²) in [6.07, 6.45) is 1.62. The van der Waals surface area contributed by atoms with Crippen LogP contribution in [-0.4, -0.2) is 21.5 Å². The number of amides is 2. The minimum Gasteiger partial charge on any atom is -0.352 e. The topological polar surface area (TPSA) is 54.3 Å². The molecule has 1 aromatic carbocycles. The molecule has 2 heterocycles. The largest absolute Gasteiger partial charge is 0.352 e. The lowest BCUT2D eigenvalue weighted by atomic mass is 10.1. The highest BCUT2D eigenvalue weighted by molar-refractivity contribution is 9.10. The summed E-state index contributed by atoms with van der Waals surface area (Å²) in [6, 6.07) is 9.14. The molecule has 2 amide bonds. The van der Waals surface area contributed by atoms with Crippen molar-refractivity contribution in [1.82, 2.24) is 9.88 Å². The number of aromatic nitrogens is 1. The number of benzene rings is 1. The van der Waals surface area contributed by atoms with Gasteiger partial charge < -0.3 is 4.57 Å². The Bertz CT molecular complexity index is 946. The molecule has 3 rings (SSSR count). The first-order valence-electron chi connectivity index (χ1n) is 7.59. The van der Waals surface area contributed by atoms with Crippen molar-refractivity contribution in [3.8, 4) is 0 Å². The van der Waals surface area contributed by atoms with Crippen molar-refractivity contribution in [3.05, 3.63) is 57.3 Å². The van der Waals surface area contributed by atoms with E-state index >= 15 is 0 Å². The predicted molar refractivity (Wildman–Crippen MR) is 105 cm³/mol. The van der Waals surface area contributed by atoms with Gasteiger partial charge in [0.15, 0.2) is 5.11 Å². The maximum absolute atomic E-state index is 13.0. The van der Waals surface area contributed by atoms with Crippen LogP contribution in [0.15, 0.2) is 40.4 Å². The van der Waals surface area contributed by atoms with Gasteiger partial charge in [0.25, 0.3) is 11.8 Å². The molecule has 1 aliphatic rings. The summed E-state index contributed by atoms with van der Waals surface area (Å²) in [5.41, 5.74) is 3.51. The van der Waals surface area contributed by atoms with E-state index in [9.17, 15) is 9.59 Å². The van der Waals surface area contributed by atoms with Gasteiger partial charge in [-0.2, -0.15) is 0 Å². The lowest BCUT2D eigenvalue weighted by molar-refractivity contribution is -0.122. The number of halogens is 1. The summed E-state index contributed by atoms with van der Waals surface area (Å²) in [7, 11) is 1.94. The molecule has 7 heteroatoms. The van der Waals surface area contributed by atoms with Crippen LogP contribution in [0.25, 0.3) is 6.08 Å². The van der Waals surface area contributed by atoms with Crippen LogP contribution in [-0.2, 0) is 16.6 Å². The molecule has 0 radical (unpaired) electrons. The van der Waals surface area contributed by atoms with Crippen molar-refractivity contribution in [2.45, 2.75) is 13.8 Å². The van der Waals surface area contributed by atoms with E-state index in [0.717, 1.165) is 21.4 Å². The zero-order valence-electron chi connectivity index (χ0n) is 14.0. The third-order valence-corrected chi connectivity index (χ3v) is 5.06. The first kappa shape index (κ1) is 17.6. The van der Waals surface area contributed by atoms with E-state index in [4.69, 9.17) is 12.2 Å². The van der Waals surface area contributed by atoms with Gasteiger partial charge in [-0.25, -0.2) is 0 Å². The summed E-state index contributed by atoms with van der Waals surface area (Å²) >= 11 is 8.58. The molecule has 1 saturated heterocycles. The molecule has 1 aromatic heterocycles. The average molecular weight is 418 g/mol. The van der Waals surface area contributed by atoms with Crippen molar-refractivity contribution in [2.24, 2.45) is 7.05 Å². The van der Waals surface area contributed by atoms with Crippen LogP contribution in [0.3, 0.4) is 0 Å². The van der Waals surface area contributed by atoms with E-state index in [1.165, 1.54) is 4.90 Å². The lowest BCUT2D eigenvalue weighted by Gasteiger charge is -2.29. The molecule has 128 valence electrons. The molecule has 0 spiro atoms. The van der Waals surface area contributed by atoms with Crippen LogP contribution >= 0.6 is 28.1 Å². The van der Waals surface area contributed by atoms with Crippen molar-refractivity contribution < 1.29 is 9.59 Å². The van der Waals surface area contributed by atoms with Gasteiger partial charge in [-0.3, -0.25) is 19.8 Å². The van der Waals surface area contributed by atoms with Crippen LogP contribution in [0.4, 0.5) is 5.69 Å². The van der Waals surface area contributed by atoms with Crippen molar-refractivity contribution >= 4 is 56.8 Å². The molecule has 0 unspecified atom stereocenters. The van der Waals surface area contributed by atoms with E-state index in [1.54, 1.807) is 24.3 Å². The number of hydrogen-bond donors (Lipinski definition) is 1. The smallest absolute Gasteiger partial charge is 0.270 e. The third kappa shape index (κ3) is 3.17. The summed E-state index contributed by atoms with van der Waals surface area (Å²) in [5, 5.41) is 2.67. The minimum atomic E-state index is -0.484. The normalized spacial score (nSPS) is 16.6. The third-order valence-electron chi connectivity index (χ3n) is 4.28. The summed E-state index contributed by atoms with van der Waals surface area (Å²) in [6.45, 7) is 3.92. The monoisotopic (exact) mass is 417 g/mol. The highest BCUT2D eigenvalue weighted by Gasteiger charge is 2.34. The Balaban J connectivity index is 2.06. The number of anilines is 1. The zero-order valence-corrected chi connectivity index (χ0v) is 16.4. The Morgan fingerprint density at radius 3 is 2.52 bits per heavy atom. The fourth-order valence-corrected chi connectivity index (χ4v) is 3.36. The second-order valence-electron chi connectivity index (χ2n) is 5.82. The molecule has 1 N–H and O–H groups in total. The first-order valence-corrected chi connectivity index (χ1v) is 8.79. The predicted octanol–water partition coefficient (Wildman–Crippen LogP) is 3.24. The summed E-state index contributed by atoms with van der Waals surface area (Å²) < 4.78 is 2.83. The lowest BCUT2D eigenvalue weighted by Crippen LogP contribution is -2.54. The Hall–Kier alpha value is -2.25. The molecular formula is C18H16BrN3O2S. The number of nitrogens with one attached hydrogen (secondary N) is 1. The van der Waals surface area contributed by atoms with Crippen LogP contribution in [0, 0.1) is 13.8 Å². The Morgan fingerprint density at radius 2 is 1.92 bits per heavy atom. The number of hydrogen-bond acceptors (Lipinski definition) is 3. The van der Waals surface area contributed by atoms with E-state index in [2.05, 4.69) is 21.2 Å². The van der Waals surface area contributed by atoms with Gasteiger partial charge in [0.05, 0.1) is 5.69 Å². The van der Waals surface area contributed by atoms with Crippen LogP contribution < -0.4 is 10.2 Å². The molecule has 0 aliphatic carbocycles. The summed E-state index contributed by atoms with van der Waals surface area (Å²) in [4.78, 5) is 26.6. The molecular weight excluding hydrogens is 402 g/mol. The van der Waals surface area contributed by atoms with E-state index < -0.39 is 11.8 Å². The molecule has 1 fully saturated rings. The van der Waals surface area contributed by atoms with Crippen LogP contribution in [0.5, 0.6) is 0 Å². The zero-order chi connectivity index (χ0) is 18.3. The first-order chi connectivity index (χ1) is 11.8.